The minimum absolute atomic E-state index is 0.153. The zero-order chi connectivity index (χ0) is 13.1. The van der Waals surface area contributed by atoms with E-state index in [1.165, 1.54) is 4.90 Å². The first-order valence-corrected chi connectivity index (χ1v) is 5.85. The van der Waals surface area contributed by atoms with Crippen LogP contribution < -0.4 is 5.32 Å². The van der Waals surface area contributed by atoms with Gasteiger partial charge in [0.25, 0.3) is 0 Å². The van der Waals surface area contributed by atoms with Crippen molar-refractivity contribution >= 4 is 12.0 Å². The lowest BCUT2D eigenvalue weighted by Gasteiger charge is -2.20. The van der Waals surface area contributed by atoms with Crippen LogP contribution in [-0.4, -0.2) is 45.3 Å². The molecule has 2 unspecified atom stereocenters. The average molecular weight is 252 g/mol. The Morgan fingerprint density at radius 3 is 3.00 bits per heavy atom. The highest BCUT2D eigenvalue weighted by atomic mass is 16.4. The molecule has 2 rings (SSSR count). The van der Waals surface area contributed by atoms with E-state index in [2.05, 4.69) is 15.5 Å². The summed E-state index contributed by atoms with van der Waals surface area (Å²) >= 11 is 0. The van der Waals surface area contributed by atoms with E-state index in [1.807, 2.05) is 6.92 Å². The Kier molecular flexibility index (Phi) is 3.50. The van der Waals surface area contributed by atoms with E-state index in [9.17, 15) is 9.59 Å². The molecule has 3 N–H and O–H groups in total. The maximum atomic E-state index is 11.9. The summed E-state index contributed by atoms with van der Waals surface area (Å²) in [5, 5.41) is 18.2. The van der Waals surface area contributed by atoms with Crippen molar-refractivity contribution in [1.82, 2.24) is 20.4 Å². The molecular weight excluding hydrogens is 236 g/mol. The highest BCUT2D eigenvalue weighted by Crippen LogP contribution is 2.17. The van der Waals surface area contributed by atoms with E-state index >= 15 is 0 Å². The largest absolute Gasteiger partial charge is 0.481 e. The number of likely N-dealkylation sites (tertiary alicyclic amines) is 1. The number of carboxylic acid groups (broad SMARTS) is 1. The van der Waals surface area contributed by atoms with Gasteiger partial charge in [-0.05, 0) is 13.3 Å². The summed E-state index contributed by atoms with van der Waals surface area (Å²) < 4.78 is 0. The molecule has 7 nitrogen and oxygen atoms in total. The normalized spacial score (nSPS) is 20.7. The lowest BCUT2D eigenvalue weighted by molar-refractivity contribution is -0.141. The molecule has 1 fully saturated rings. The van der Waals surface area contributed by atoms with Crippen LogP contribution in [0.15, 0.2) is 12.4 Å². The number of hydrogen-bond donors (Lipinski definition) is 3. The predicted molar refractivity (Wildman–Crippen MR) is 62.9 cm³/mol. The number of carbonyl (C=O) groups excluding carboxylic acids is 1. The van der Waals surface area contributed by atoms with Crippen molar-refractivity contribution in [3.8, 4) is 0 Å². The van der Waals surface area contributed by atoms with Gasteiger partial charge in [-0.15, -0.1) is 0 Å². The highest BCUT2D eigenvalue weighted by molar-refractivity contribution is 5.77. The number of aliphatic carboxylic acids is 1. The summed E-state index contributed by atoms with van der Waals surface area (Å²) in [6, 6.07) is -0.382. The second-order valence-electron chi connectivity index (χ2n) is 4.47. The number of urea groups is 1. The maximum Gasteiger partial charge on any atom is 0.317 e. The molecule has 1 aromatic heterocycles. The van der Waals surface area contributed by atoms with Gasteiger partial charge in [0.2, 0.25) is 0 Å². The zero-order valence-corrected chi connectivity index (χ0v) is 10.1. The summed E-state index contributed by atoms with van der Waals surface area (Å²) in [7, 11) is 0. The van der Waals surface area contributed by atoms with Gasteiger partial charge in [0.15, 0.2) is 0 Å². The summed E-state index contributed by atoms with van der Waals surface area (Å²) in [5.41, 5.74) is 0.886. The number of nitrogens with zero attached hydrogens (tertiary/aromatic N) is 2. The molecule has 0 aliphatic carbocycles. The summed E-state index contributed by atoms with van der Waals surface area (Å²) in [6.07, 6.45) is 3.88. The first-order valence-electron chi connectivity index (χ1n) is 5.85. The standard InChI is InChI=1S/C11H16N4O3/c1-7(9-4-12-13-5-9)14-11(18)15-3-2-8(6-15)10(16)17/h4-5,7-8H,2-3,6H2,1H3,(H,12,13)(H,14,18)(H,16,17). The molecule has 2 atom stereocenters. The molecule has 18 heavy (non-hydrogen) atoms. The van der Waals surface area contributed by atoms with Crippen LogP contribution in [0.5, 0.6) is 0 Å². The molecule has 0 spiro atoms. The van der Waals surface area contributed by atoms with Gasteiger partial charge in [0.05, 0.1) is 18.2 Å². The van der Waals surface area contributed by atoms with Crippen LogP contribution in [0.1, 0.15) is 24.9 Å². The Labute approximate surface area is 104 Å². The van der Waals surface area contributed by atoms with Crippen molar-refractivity contribution in [3.63, 3.8) is 0 Å². The number of amides is 2. The lowest BCUT2D eigenvalue weighted by Crippen LogP contribution is -2.40. The van der Waals surface area contributed by atoms with Gasteiger partial charge in [-0.1, -0.05) is 0 Å². The quantitative estimate of drug-likeness (QED) is 0.733. The summed E-state index contributed by atoms with van der Waals surface area (Å²) in [4.78, 5) is 24.3. The molecule has 98 valence electrons. The Morgan fingerprint density at radius 1 is 1.67 bits per heavy atom. The molecule has 0 aromatic carbocycles. The molecule has 2 heterocycles. The van der Waals surface area contributed by atoms with Crippen LogP contribution in [0.2, 0.25) is 0 Å². The molecule has 1 aromatic rings. The Balaban J connectivity index is 1.87. The fourth-order valence-electron chi connectivity index (χ4n) is 2.00. The number of aromatic nitrogens is 2. The Morgan fingerprint density at radius 2 is 2.44 bits per heavy atom. The Bertz CT molecular complexity index is 432. The van der Waals surface area contributed by atoms with Gasteiger partial charge in [-0.3, -0.25) is 9.89 Å². The van der Waals surface area contributed by atoms with E-state index in [0.717, 1.165) is 5.56 Å². The van der Waals surface area contributed by atoms with E-state index in [0.29, 0.717) is 13.0 Å². The van der Waals surface area contributed by atoms with Crippen LogP contribution in [0.4, 0.5) is 4.79 Å². The lowest BCUT2D eigenvalue weighted by atomic mass is 10.1. The van der Waals surface area contributed by atoms with Crippen molar-refractivity contribution in [3.05, 3.63) is 18.0 Å². The third kappa shape index (κ3) is 2.61. The van der Waals surface area contributed by atoms with Crippen LogP contribution >= 0.6 is 0 Å². The second kappa shape index (κ2) is 5.07. The fourth-order valence-corrected chi connectivity index (χ4v) is 2.00. The van der Waals surface area contributed by atoms with Gasteiger partial charge in [0.1, 0.15) is 0 Å². The van der Waals surface area contributed by atoms with Gasteiger partial charge in [0, 0.05) is 24.8 Å². The average Bonchev–Trinajstić information content (AvgIpc) is 3.00. The van der Waals surface area contributed by atoms with Crippen LogP contribution in [0.3, 0.4) is 0 Å². The summed E-state index contributed by atoms with van der Waals surface area (Å²) in [6.45, 7) is 2.62. The third-order valence-corrected chi connectivity index (χ3v) is 3.18. The summed E-state index contributed by atoms with van der Waals surface area (Å²) in [5.74, 6) is -1.28. The zero-order valence-electron chi connectivity index (χ0n) is 10.1. The fraction of sp³-hybridized carbons (Fsp3) is 0.545. The van der Waals surface area contributed by atoms with Crippen molar-refractivity contribution in [2.24, 2.45) is 5.92 Å². The molecule has 0 bridgehead atoms. The number of nitrogens with one attached hydrogen (secondary N) is 2. The molecular formula is C11H16N4O3. The minimum atomic E-state index is -0.840. The number of hydrogen-bond acceptors (Lipinski definition) is 3. The first-order chi connectivity index (χ1) is 8.58. The maximum absolute atomic E-state index is 11.9. The molecule has 1 saturated heterocycles. The molecule has 1 aliphatic rings. The molecule has 2 amide bonds. The molecule has 7 heteroatoms. The van der Waals surface area contributed by atoms with Gasteiger partial charge >= 0.3 is 12.0 Å². The molecule has 1 aliphatic heterocycles. The predicted octanol–water partition coefficient (Wildman–Crippen LogP) is 0.587. The molecule has 0 radical (unpaired) electrons. The van der Waals surface area contributed by atoms with Crippen molar-refractivity contribution in [1.29, 1.82) is 0 Å². The van der Waals surface area contributed by atoms with Crippen LogP contribution in [0, 0.1) is 5.92 Å². The van der Waals surface area contributed by atoms with Gasteiger partial charge in [-0.25, -0.2) is 4.79 Å². The third-order valence-electron chi connectivity index (χ3n) is 3.18. The van der Waals surface area contributed by atoms with E-state index in [-0.39, 0.29) is 18.6 Å². The van der Waals surface area contributed by atoms with E-state index in [4.69, 9.17) is 5.11 Å². The van der Waals surface area contributed by atoms with Crippen molar-refractivity contribution < 1.29 is 14.7 Å². The Hall–Kier alpha value is -2.05. The highest BCUT2D eigenvalue weighted by Gasteiger charge is 2.31. The van der Waals surface area contributed by atoms with Crippen LogP contribution in [0.25, 0.3) is 0 Å². The SMILES string of the molecule is CC(NC(=O)N1CCC(C(=O)O)C1)c1cn[nH]c1. The minimum Gasteiger partial charge on any atom is -0.481 e. The van der Waals surface area contributed by atoms with Crippen LogP contribution in [-0.2, 0) is 4.79 Å². The number of carboxylic acids is 1. The van der Waals surface area contributed by atoms with E-state index < -0.39 is 11.9 Å². The number of H-pyrrole nitrogens is 1. The van der Waals surface area contributed by atoms with Crippen molar-refractivity contribution in [2.45, 2.75) is 19.4 Å². The number of carbonyl (C=O) groups is 2. The van der Waals surface area contributed by atoms with Gasteiger partial charge in [-0.2, -0.15) is 5.10 Å². The topological polar surface area (TPSA) is 98.3 Å². The first kappa shape index (κ1) is 12.4. The van der Waals surface area contributed by atoms with Gasteiger partial charge < -0.3 is 15.3 Å². The number of rotatable bonds is 3. The monoisotopic (exact) mass is 252 g/mol. The molecule has 0 saturated carbocycles. The smallest absolute Gasteiger partial charge is 0.317 e. The van der Waals surface area contributed by atoms with Crippen molar-refractivity contribution in [2.75, 3.05) is 13.1 Å². The second-order valence-corrected chi connectivity index (χ2v) is 4.47. The van der Waals surface area contributed by atoms with E-state index in [1.54, 1.807) is 12.4 Å². The number of aromatic amines is 1.